The largest absolute Gasteiger partial charge is 0.395 e. The van der Waals surface area contributed by atoms with Gasteiger partial charge in [0.05, 0.1) is 25.9 Å². The lowest BCUT2D eigenvalue weighted by molar-refractivity contribution is 0.00895. The van der Waals surface area contributed by atoms with E-state index in [9.17, 15) is 8.42 Å². The molecule has 1 fully saturated rings. The predicted molar refractivity (Wildman–Crippen MR) is 51.0 cm³/mol. The van der Waals surface area contributed by atoms with E-state index < -0.39 is 16.3 Å². The van der Waals surface area contributed by atoms with E-state index in [1.54, 1.807) is 0 Å². The van der Waals surface area contributed by atoms with E-state index in [4.69, 9.17) is 9.84 Å². The van der Waals surface area contributed by atoms with Crippen molar-refractivity contribution in [1.82, 2.24) is 8.61 Å². The minimum absolute atomic E-state index is 0.215. The molecule has 14 heavy (non-hydrogen) atoms. The van der Waals surface area contributed by atoms with Crippen molar-refractivity contribution in [1.29, 1.82) is 0 Å². The highest BCUT2D eigenvalue weighted by molar-refractivity contribution is 7.86. The number of ether oxygens (including phenoxy) is 1. The molecule has 0 saturated carbocycles. The van der Waals surface area contributed by atoms with Crippen molar-refractivity contribution >= 4 is 10.2 Å². The van der Waals surface area contributed by atoms with Crippen LogP contribution in [0.1, 0.15) is 0 Å². The van der Waals surface area contributed by atoms with Gasteiger partial charge in [0.2, 0.25) is 0 Å². The van der Waals surface area contributed by atoms with Crippen molar-refractivity contribution in [2.45, 2.75) is 6.04 Å². The normalized spacial score (nSPS) is 25.6. The van der Waals surface area contributed by atoms with E-state index in [1.807, 2.05) is 0 Å². The molecule has 7 heteroatoms. The topological polar surface area (TPSA) is 70.1 Å². The van der Waals surface area contributed by atoms with Crippen LogP contribution in [0, 0.1) is 0 Å². The molecule has 1 N–H and O–H groups in total. The summed E-state index contributed by atoms with van der Waals surface area (Å²) >= 11 is 0. The first-order chi connectivity index (χ1) is 6.50. The van der Waals surface area contributed by atoms with E-state index in [-0.39, 0.29) is 13.2 Å². The summed E-state index contributed by atoms with van der Waals surface area (Å²) in [5, 5.41) is 9.00. The minimum atomic E-state index is -3.43. The molecule has 1 aliphatic rings. The van der Waals surface area contributed by atoms with Crippen molar-refractivity contribution < 1.29 is 18.3 Å². The maximum absolute atomic E-state index is 11.7. The van der Waals surface area contributed by atoms with Crippen LogP contribution in [0.4, 0.5) is 0 Å². The second-order valence-corrected chi connectivity index (χ2v) is 5.41. The summed E-state index contributed by atoms with van der Waals surface area (Å²) < 4.78 is 31.0. The maximum Gasteiger partial charge on any atom is 0.281 e. The van der Waals surface area contributed by atoms with Gasteiger partial charge in [-0.05, 0) is 0 Å². The Kier molecular flexibility index (Phi) is 3.85. The maximum atomic E-state index is 11.7. The first-order valence-electron chi connectivity index (χ1n) is 4.38. The molecule has 0 aromatic carbocycles. The number of hydrogen-bond acceptors (Lipinski definition) is 4. The van der Waals surface area contributed by atoms with Gasteiger partial charge in [0.1, 0.15) is 0 Å². The fourth-order valence-corrected chi connectivity index (χ4v) is 2.53. The van der Waals surface area contributed by atoms with Crippen molar-refractivity contribution in [2.24, 2.45) is 0 Å². The summed E-state index contributed by atoms with van der Waals surface area (Å²) in [6.45, 7) is 0.714. The van der Waals surface area contributed by atoms with Gasteiger partial charge in [-0.3, -0.25) is 0 Å². The van der Waals surface area contributed by atoms with Crippen LogP contribution in [-0.2, 0) is 14.9 Å². The minimum Gasteiger partial charge on any atom is -0.395 e. The van der Waals surface area contributed by atoms with Gasteiger partial charge >= 0.3 is 0 Å². The zero-order valence-corrected chi connectivity index (χ0v) is 9.20. The van der Waals surface area contributed by atoms with Gasteiger partial charge in [0, 0.05) is 20.6 Å². The Morgan fingerprint density at radius 2 is 2.21 bits per heavy atom. The number of morpholine rings is 1. The lowest BCUT2D eigenvalue weighted by atomic mass is 10.3. The molecular weight excluding hydrogens is 208 g/mol. The van der Waals surface area contributed by atoms with Crippen LogP contribution in [0.15, 0.2) is 0 Å². The first kappa shape index (κ1) is 11.9. The van der Waals surface area contributed by atoms with Crippen molar-refractivity contribution in [3.63, 3.8) is 0 Å². The number of nitrogens with zero attached hydrogens (tertiary/aromatic N) is 2. The average molecular weight is 224 g/mol. The number of hydrogen-bond donors (Lipinski definition) is 1. The number of aliphatic hydroxyl groups excluding tert-OH is 1. The SMILES string of the molecule is CN(C)S(=O)(=O)N1CCOCC1CO. The van der Waals surface area contributed by atoms with E-state index in [2.05, 4.69) is 0 Å². The van der Waals surface area contributed by atoms with Crippen molar-refractivity contribution in [3.8, 4) is 0 Å². The van der Waals surface area contributed by atoms with Crippen LogP contribution in [0.2, 0.25) is 0 Å². The summed E-state index contributed by atoms with van der Waals surface area (Å²) in [5.74, 6) is 0. The summed E-state index contributed by atoms with van der Waals surface area (Å²) in [4.78, 5) is 0. The van der Waals surface area contributed by atoms with Gasteiger partial charge in [-0.15, -0.1) is 0 Å². The van der Waals surface area contributed by atoms with E-state index in [0.29, 0.717) is 13.2 Å². The third-order valence-electron chi connectivity index (χ3n) is 2.14. The molecule has 1 unspecified atom stereocenters. The molecule has 0 aromatic heterocycles. The van der Waals surface area contributed by atoms with Crippen molar-refractivity contribution in [2.75, 3.05) is 40.5 Å². The molecule has 84 valence electrons. The Morgan fingerprint density at radius 3 is 2.71 bits per heavy atom. The lowest BCUT2D eigenvalue weighted by Gasteiger charge is -2.34. The number of rotatable bonds is 3. The highest BCUT2D eigenvalue weighted by Crippen LogP contribution is 2.13. The first-order valence-corrected chi connectivity index (χ1v) is 5.77. The zero-order valence-electron chi connectivity index (χ0n) is 8.38. The van der Waals surface area contributed by atoms with Crippen LogP contribution in [0.25, 0.3) is 0 Å². The van der Waals surface area contributed by atoms with Gasteiger partial charge in [-0.25, -0.2) is 0 Å². The van der Waals surface area contributed by atoms with Crippen LogP contribution >= 0.6 is 0 Å². The smallest absolute Gasteiger partial charge is 0.281 e. The Bertz CT molecular complexity index is 277. The highest BCUT2D eigenvalue weighted by atomic mass is 32.2. The Hall–Kier alpha value is -0.210. The van der Waals surface area contributed by atoms with Gasteiger partial charge in [-0.1, -0.05) is 0 Å². The summed E-state index contributed by atoms with van der Waals surface area (Å²) in [6, 6.07) is -0.462. The van der Waals surface area contributed by atoms with Gasteiger partial charge in [0.25, 0.3) is 10.2 Å². The lowest BCUT2D eigenvalue weighted by Crippen LogP contribution is -2.53. The van der Waals surface area contributed by atoms with Crippen LogP contribution in [-0.4, -0.2) is 68.6 Å². The van der Waals surface area contributed by atoms with Crippen LogP contribution < -0.4 is 0 Å². The van der Waals surface area contributed by atoms with Gasteiger partial charge in [-0.2, -0.15) is 17.0 Å². The van der Waals surface area contributed by atoms with E-state index in [1.165, 1.54) is 18.4 Å². The molecule has 1 rings (SSSR count). The fourth-order valence-electron chi connectivity index (χ4n) is 1.30. The molecule has 0 amide bonds. The average Bonchev–Trinajstić information content (AvgIpc) is 2.17. The molecule has 6 nitrogen and oxygen atoms in total. The fraction of sp³-hybridized carbons (Fsp3) is 1.00. The van der Waals surface area contributed by atoms with E-state index in [0.717, 1.165) is 4.31 Å². The molecule has 1 saturated heterocycles. The molecule has 1 aliphatic heterocycles. The summed E-state index contributed by atoms with van der Waals surface area (Å²) in [6.07, 6.45) is 0. The van der Waals surface area contributed by atoms with Crippen LogP contribution in [0.5, 0.6) is 0 Å². The Labute approximate surface area is 84.2 Å². The monoisotopic (exact) mass is 224 g/mol. The van der Waals surface area contributed by atoms with Gasteiger partial charge < -0.3 is 9.84 Å². The molecule has 0 spiro atoms. The highest BCUT2D eigenvalue weighted by Gasteiger charge is 2.33. The second-order valence-electron chi connectivity index (χ2n) is 3.31. The second kappa shape index (κ2) is 4.54. The molecule has 0 aromatic rings. The number of aliphatic hydroxyl groups is 1. The molecular formula is C7H16N2O4S. The van der Waals surface area contributed by atoms with Gasteiger partial charge in [0.15, 0.2) is 0 Å². The Morgan fingerprint density at radius 1 is 1.57 bits per heavy atom. The third-order valence-corrected chi connectivity index (χ3v) is 4.14. The van der Waals surface area contributed by atoms with E-state index >= 15 is 0 Å². The molecule has 1 heterocycles. The molecule has 0 bridgehead atoms. The molecule has 0 radical (unpaired) electrons. The predicted octanol–water partition coefficient (Wildman–Crippen LogP) is -1.51. The molecule has 0 aliphatic carbocycles. The van der Waals surface area contributed by atoms with Crippen LogP contribution in [0.3, 0.4) is 0 Å². The summed E-state index contributed by atoms with van der Waals surface area (Å²) in [7, 11) is -0.492. The Balaban J connectivity index is 2.83. The zero-order chi connectivity index (χ0) is 10.8. The quantitative estimate of drug-likeness (QED) is 0.632. The van der Waals surface area contributed by atoms with Crippen molar-refractivity contribution in [3.05, 3.63) is 0 Å². The third kappa shape index (κ3) is 2.23. The standard InChI is InChI=1S/C7H16N2O4S/c1-8(2)14(11,12)9-3-4-13-6-7(9)5-10/h7,10H,3-6H2,1-2H3. The molecule has 1 atom stereocenters. The summed E-state index contributed by atoms with van der Waals surface area (Å²) in [5.41, 5.74) is 0.